The number of carbonyl (C=O) groups excluding carboxylic acids is 1. The minimum absolute atomic E-state index is 0.0277. The highest BCUT2D eigenvalue weighted by Gasteiger charge is 2.39. The van der Waals surface area contributed by atoms with E-state index >= 15 is 0 Å². The number of benzene rings is 2. The summed E-state index contributed by atoms with van der Waals surface area (Å²) in [5.74, 6) is 1.96. The van der Waals surface area contributed by atoms with E-state index in [1.54, 1.807) is 30.3 Å². The van der Waals surface area contributed by atoms with Gasteiger partial charge in [-0.1, -0.05) is 12.1 Å². The standard InChI is InChI=1S/C19H21N3O2/c20-15-3-1-2-4-18(15)24-14-7-5-13(6-8-14)19(23)22-17-10-12-9-16(17)21-11-12/h1-8,12,16-17,21H,9-11,20H2,(H,22,23). The fourth-order valence-electron chi connectivity index (χ4n) is 3.64. The normalized spacial score (nSPS) is 24.8. The summed E-state index contributed by atoms with van der Waals surface area (Å²) in [7, 11) is 0. The van der Waals surface area contributed by atoms with E-state index < -0.39 is 0 Å². The van der Waals surface area contributed by atoms with Crippen molar-refractivity contribution in [1.82, 2.24) is 10.6 Å². The van der Waals surface area contributed by atoms with Crippen molar-refractivity contribution >= 4 is 11.6 Å². The second-order valence-electron chi connectivity index (χ2n) is 6.60. The first kappa shape index (κ1) is 15.0. The Hall–Kier alpha value is -2.53. The van der Waals surface area contributed by atoms with Crippen LogP contribution in [0, 0.1) is 5.92 Å². The van der Waals surface area contributed by atoms with E-state index in [2.05, 4.69) is 10.6 Å². The zero-order valence-corrected chi connectivity index (χ0v) is 13.4. The van der Waals surface area contributed by atoms with Crippen molar-refractivity contribution in [3.63, 3.8) is 0 Å². The number of carbonyl (C=O) groups is 1. The molecular formula is C19H21N3O2. The first-order chi connectivity index (χ1) is 11.7. The first-order valence-electron chi connectivity index (χ1n) is 8.36. The lowest BCUT2D eigenvalue weighted by Crippen LogP contribution is -2.47. The summed E-state index contributed by atoms with van der Waals surface area (Å²) in [4.78, 5) is 12.4. The third kappa shape index (κ3) is 2.95. The molecule has 3 atom stereocenters. The van der Waals surface area contributed by atoms with Gasteiger partial charge in [0.15, 0.2) is 0 Å². The second-order valence-corrected chi connectivity index (χ2v) is 6.60. The van der Waals surface area contributed by atoms with Gasteiger partial charge in [-0.25, -0.2) is 0 Å². The number of ether oxygens (including phenoxy) is 1. The van der Waals surface area contributed by atoms with Gasteiger partial charge in [-0.05, 0) is 61.7 Å². The molecule has 1 heterocycles. The number of hydrogen-bond acceptors (Lipinski definition) is 4. The van der Waals surface area contributed by atoms with E-state index in [1.807, 2.05) is 18.2 Å². The Balaban J connectivity index is 1.40. The minimum Gasteiger partial charge on any atom is -0.455 e. The predicted molar refractivity (Wildman–Crippen MR) is 93.1 cm³/mol. The van der Waals surface area contributed by atoms with Crippen LogP contribution in [0.1, 0.15) is 23.2 Å². The molecule has 1 saturated carbocycles. The predicted octanol–water partition coefficient (Wildman–Crippen LogP) is 2.54. The molecule has 1 aliphatic heterocycles. The van der Waals surface area contributed by atoms with Gasteiger partial charge in [0.25, 0.3) is 5.91 Å². The van der Waals surface area contributed by atoms with Gasteiger partial charge in [0.1, 0.15) is 11.5 Å². The first-order valence-corrected chi connectivity index (χ1v) is 8.36. The lowest BCUT2D eigenvalue weighted by atomic mass is 10.1. The van der Waals surface area contributed by atoms with Gasteiger partial charge in [0, 0.05) is 17.6 Å². The molecular weight excluding hydrogens is 302 g/mol. The van der Waals surface area contributed by atoms with Crippen molar-refractivity contribution in [2.75, 3.05) is 12.3 Å². The average Bonchev–Trinajstić information content (AvgIpc) is 3.20. The molecule has 4 rings (SSSR count). The number of rotatable bonds is 4. The molecule has 24 heavy (non-hydrogen) atoms. The van der Waals surface area contributed by atoms with Crippen LogP contribution in [0.2, 0.25) is 0 Å². The Morgan fingerprint density at radius 3 is 2.58 bits per heavy atom. The van der Waals surface area contributed by atoms with Gasteiger partial charge in [0.2, 0.25) is 0 Å². The molecule has 5 nitrogen and oxygen atoms in total. The molecule has 0 radical (unpaired) electrons. The summed E-state index contributed by atoms with van der Waals surface area (Å²) < 4.78 is 5.75. The molecule has 1 amide bonds. The van der Waals surface area contributed by atoms with Gasteiger partial charge in [-0.15, -0.1) is 0 Å². The van der Waals surface area contributed by atoms with Gasteiger partial charge in [0.05, 0.1) is 5.69 Å². The molecule has 2 fully saturated rings. The van der Waals surface area contributed by atoms with Gasteiger partial charge in [-0.2, -0.15) is 0 Å². The zero-order chi connectivity index (χ0) is 16.5. The van der Waals surface area contributed by atoms with Crippen LogP contribution in [-0.4, -0.2) is 24.5 Å². The number of nitrogens with one attached hydrogen (secondary N) is 2. The van der Waals surface area contributed by atoms with E-state index in [4.69, 9.17) is 10.5 Å². The molecule has 2 aromatic rings. The maximum atomic E-state index is 12.4. The van der Waals surface area contributed by atoms with Crippen LogP contribution in [0.25, 0.3) is 0 Å². The molecule has 1 saturated heterocycles. The van der Waals surface area contributed by atoms with Gasteiger partial charge in [-0.3, -0.25) is 4.79 Å². The quantitative estimate of drug-likeness (QED) is 0.756. The number of nitrogen functional groups attached to an aromatic ring is 1. The molecule has 1 aliphatic carbocycles. The number of nitrogens with two attached hydrogens (primary N) is 1. The van der Waals surface area contributed by atoms with Crippen molar-refractivity contribution in [1.29, 1.82) is 0 Å². The summed E-state index contributed by atoms with van der Waals surface area (Å²) >= 11 is 0. The van der Waals surface area contributed by atoms with Gasteiger partial charge < -0.3 is 21.1 Å². The monoisotopic (exact) mass is 323 g/mol. The van der Waals surface area contributed by atoms with E-state index in [9.17, 15) is 4.79 Å². The number of para-hydroxylation sites is 2. The van der Waals surface area contributed by atoms with Crippen LogP contribution in [-0.2, 0) is 0 Å². The highest BCUT2D eigenvalue weighted by atomic mass is 16.5. The largest absolute Gasteiger partial charge is 0.455 e. The summed E-state index contributed by atoms with van der Waals surface area (Å²) in [5.41, 5.74) is 7.10. The Labute approximate surface area is 141 Å². The Morgan fingerprint density at radius 1 is 1.12 bits per heavy atom. The molecule has 0 spiro atoms. The van der Waals surface area contributed by atoms with E-state index in [-0.39, 0.29) is 11.9 Å². The highest BCUT2D eigenvalue weighted by Crippen LogP contribution is 2.31. The minimum atomic E-state index is -0.0277. The van der Waals surface area contributed by atoms with Crippen molar-refractivity contribution in [3.8, 4) is 11.5 Å². The summed E-state index contributed by atoms with van der Waals surface area (Å²) in [5, 5.41) is 6.60. The highest BCUT2D eigenvalue weighted by molar-refractivity contribution is 5.94. The van der Waals surface area contributed by atoms with Crippen LogP contribution >= 0.6 is 0 Å². The number of fused-ring (bicyclic) bond motifs is 2. The van der Waals surface area contributed by atoms with Crippen molar-refractivity contribution < 1.29 is 9.53 Å². The number of hydrogen-bond donors (Lipinski definition) is 3. The average molecular weight is 323 g/mol. The van der Waals surface area contributed by atoms with Crippen LogP contribution in [0.4, 0.5) is 5.69 Å². The summed E-state index contributed by atoms with van der Waals surface area (Å²) in [6.07, 6.45) is 2.26. The molecule has 4 N–H and O–H groups in total. The number of amides is 1. The van der Waals surface area contributed by atoms with Crippen molar-refractivity contribution in [2.45, 2.75) is 24.9 Å². The van der Waals surface area contributed by atoms with Crippen LogP contribution in [0.5, 0.6) is 11.5 Å². The van der Waals surface area contributed by atoms with E-state index in [0.717, 1.165) is 13.0 Å². The fraction of sp³-hybridized carbons (Fsp3) is 0.316. The Bertz CT molecular complexity index is 745. The fourth-order valence-corrected chi connectivity index (χ4v) is 3.64. The molecule has 124 valence electrons. The zero-order valence-electron chi connectivity index (χ0n) is 13.4. The number of piperidine rings is 1. The van der Waals surface area contributed by atoms with Crippen molar-refractivity contribution in [2.24, 2.45) is 5.92 Å². The van der Waals surface area contributed by atoms with Crippen LogP contribution in [0.3, 0.4) is 0 Å². The summed E-state index contributed by atoms with van der Waals surface area (Å²) in [6, 6.07) is 15.2. The molecule has 5 heteroatoms. The molecule has 3 unspecified atom stereocenters. The third-order valence-electron chi connectivity index (χ3n) is 4.91. The molecule has 2 aliphatic rings. The van der Waals surface area contributed by atoms with Crippen molar-refractivity contribution in [3.05, 3.63) is 54.1 Å². The lowest BCUT2D eigenvalue weighted by molar-refractivity contribution is 0.0928. The second kappa shape index (κ2) is 6.17. The number of anilines is 1. The smallest absolute Gasteiger partial charge is 0.251 e. The maximum Gasteiger partial charge on any atom is 0.251 e. The summed E-state index contributed by atoms with van der Waals surface area (Å²) in [6.45, 7) is 1.09. The SMILES string of the molecule is Nc1ccccc1Oc1ccc(C(=O)NC2CC3CNC2C3)cc1. The topological polar surface area (TPSA) is 76.4 Å². The Kier molecular flexibility index (Phi) is 3.86. The van der Waals surface area contributed by atoms with E-state index in [0.29, 0.717) is 34.7 Å². The van der Waals surface area contributed by atoms with Crippen LogP contribution < -0.4 is 21.1 Å². The molecule has 0 aromatic heterocycles. The lowest BCUT2D eigenvalue weighted by Gasteiger charge is -2.24. The van der Waals surface area contributed by atoms with Crippen LogP contribution in [0.15, 0.2) is 48.5 Å². The third-order valence-corrected chi connectivity index (χ3v) is 4.91. The van der Waals surface area contributed by atoms with E-state index in [1.165, 1.54) is 6.42 Å². The molecule has 2 bridgehead atoms. The molecule has 2 aromatic carbocycles. The van der Waals surface area contributed by atoms with Gasteiger partial charge >= 0.3 is 0 Å². The Morgan fingerprint density at radius 2 is 1.92 bits per heavy atom. The maximum absolute atomic E-state index is 12.4.